The van der Waals surface area contributed by atoms with Crippen molar-refractivity contribution in [1.29, 1.82) is 0 Å². The lowest BCUT2D eigenvalue weighted by atomic mass is 10.1. The molecule has 0 aliphatic carbocycles. The van der Waals surface area contributed by atoms with Crippen molar-refractivity contribution in [1.82, 2.24) is 19.7 Å². The molecule has 9 heteroatoms. The summed E-state index contributed by atoms with van der Waals surface area (Å²) in [7, 11) is 0. The molecule has 1 aliphatic rings. The van der Waals surface area contributed by atoms with Gasteiger partial charge in [-0.3, -0.25) is 9.67 Å². The van der Waals surface area contributed by atoms with Crippen LogP contribution in [0.4, 0.5) is 5.13 Å². The average molecular weight is 416 g/mol. The van der Waals surface area contributed by atoms with Crippen LogP contribution in [0.2, 0.25) is 5.02 Å². The lowest BCUT2D eigenvalue weighted by Crippen LogP contribution is -2.51. The molecule has 0 saturated carbocycles. The highest BCUT2D eigenvalue weighted by molar-refractivity contribution is 7.13. The second kappa shape index (κ2) is 8.62. The van der Waals surface area contributed by atoms with Crippen LogP contribution in [0.3, 0.4) is 0 Å². The molecule has 146 valence electrons. The fourth-order valence-electron chi connectivity index (χ4n) is 3.27. The normalized spacial score (nSPS) is 16.4. The molecule has 2 N–H and O–H groups in total. The summed E-state index contributed by atoms with van der Waals surface area (Å²) >= 11 is 7.70. The van der Waals surface area contributed by atoms with Crippen LogP contribution in [-0.4, -0.2) is 58.3 Å². The van der Waals surface area contributed by atoms with Crippen molar-refractivity contribution in [2.75, 3.05) is 37.6 Å². The topological polar surface area (TPSA) is 75.6 Å². The van der Waals surface area contributed by atoms with Crippen molar-refractivity contribution in [3.05, 3.63) is 64.9 Å². The average Bonchev–Trinajstić information content (AvgIpc) is 3.44. The first-order valence-electron chi connectivity index (χ1n) is 9.14. The van der Waals surface area contributed by atoms with Crippen molar-refractivity contribution >= 4 is 34.0 Å². The molecular formula is C19H22ClN7S. The van der Waals surface area contributed by atoms with E-state index in [2.05, 4.69) is 24.9 Å². The zero-order valence-corrected chi connectivity index (χ0v) is 16.9. The van der Waals surface area contributed by atoms with Crippen LogP contribution in [-0.2, 0) is 0 Å². The van der Waals surface area contributed by atoms with E-state index in [1.165, 1.54) is 0 Å². The van der Waals surface area contributed by atoms with E-state index in [1.807, 2.05) is 52.8 Å². The number of hydrogen-bond donors (Lipinski definition) is 1. The molecule has 1 unspecified atom stereocenters. The predicted octanol–water partition coefficient (Wildman–Crippen LogP) is 2.72. The molecule has 28 heavy (non-hydrogen) atoms. The molecule has 2 aromatic heterocycles. The number of benzene rings is 1. The third kappa shape index (κ3) is 4.28. The van der Waals surface area contributed by atoms with Crippen molar-refractivity contribution in [3.8, 4) is 0 Å². The summed E-state index contributed by atoms with van der Waals surface area (Å²) in [6.45, 7) is 3.97. The third-order valence-electron chi connectivity index (χ3n) is 4.82. The maximum atomic E-state index is 6.31. The van der Waals surface area contributed by atoms with Crippen LogP contribution >= 0.6 is 22.9 Å². The van der Waals surface area contributed by atoms with Gasteiger partial charge in [-0.05, 0) is 23.8 Å². The van der Waals surface area contributed by atoms with Gasteiger partial charge in [0.05, 0.1) is 12.6 Å². The maximum Gasteiger partial charge on any atom is 0.191 e. The zero-order chi connectivity index (χ0) is 19.3. The van der Waals surface area contributed by atoms with Gasteiger partial charge < -0.3 is 15.5 Å². The summed E-state index contributed by atoms with van der Waals surface area (Å²) in [5, 5.41) is 8.17. The van der Waals surface area contributed by atoms with E-state index in [0.717, 1.165) is 36.9 Å². The van der Waals surface area contributed by atoms with E-state index >= 15 is 0 Å². The summed E-state index contributed by atoms with van der Waals surface area (Å²) in [6, 6.07) is 9.67. The van der Waals surface area contributed by atoms with E-state index in [4.69, 9.17) is 17.3 Å². The van der Waals surface area contributed by atoms with Gasteiger partial charge in [0.15, 0.2) is 11.1 Å². The predicted molar refractivity (Wildman–Crippen MR) is 114 cm³/mol. The molecule has 7 nitrogen and oxygen atoms in total. The molecule has 0 bridgehead atoms. The van der Waals surface area contributed by atoms with E-state index in [1.54, 1.807) is 17.5 Å². The summed E-state index contributed by atoms with van der Waals surface area (Å²) in [5.74, 6) is 0.574. The van der Waals surface area contributed by atoms with Crippen LogP contribution in [0, 0.1) is 0 Å². The van der Waals surface area contributed by atoms with Gasteiger partial charge in [-0.1, -0.05) is 23.7 Å². The van der Waals surface area contributed by atoms with Gasteiger partial charge in [0.25, 0.3) is 0 Å². The van der Waals surface area contributed by atoms with Crippen molar-refractivity contribution in [2.45, 2.75) is 6.04 Å². The molecular weight excluding hydrogens is 394 g/mol. The molecule has 1 saturated heterocycles. The summed E-state index contributed by atoms with van der Waals surface area (Å²) in [4.78, 5) is 13.5. The van der Waals surface area contributed by atoms with Crippen molar-refractivity contribution in [3.63, 3.8) is 0 Å². The van der Waals surface area contributed by atoms with Crippen molar-refractivity contribution in [2.24, 2.45) is 10.7 Å². The summed E-state index contributed by atoms with van der Waals surface area (Å²) in [5.41, 5.74) is 7.41. The van der Waals surface area contributed by atoms with Crippen LogP contribution in [0.1, 0.15) is 11.6 Å². The van der Waals surface area contributed by atoms with Crippen LogP contribution in [0.15, 0.2) is 59.3 Å². The molecule has 1 fully saturated rings. The number of guanidine groups is 1. The fraction of sp³-hybridized carbons (Fsp3) is 0.316. The molecule has 3 aromatic rings. The second-order valence-corrected chi connectivity index (χ2v) is 7.85. The lowest BCUT2D eigenvalue weighted by molar-refractivity contribution is 0.379. The van der Waals surface area contributed by atoms with Crippen LogP contribution in [0.5, 0.6) is 0 Å². The van der Waals surface area contributed by atoms with Gasteiger partial charge in [-0.2, -0.15) is 5.10 Å². The largest absolute Gasteiger partial charge is 0.370 e. The van der Waals surface area contributed by atoms with Crippen molar-refractivity contribution < 1.29 is 0 Å². The zero-order valence-electron chi connectivity index (χ0n) is 15.4. The number of hydrogen-bond acceptors (Lipinski definition) is 5. The Balaban J connectivity index is 1.43. The number of piperazine rings is 1. The van der Waals surface area contributed by atoms with Crippen LogP contribution < -0.4 is 10.6 Å². The van der Waals surface area contributed by atoms with Crippen LogP contribution in [0.25, 0.3) is 0 Å². The van der Waals surface area contributed by atoms with E-state index in [0.29, 0.717) is 17.5 Å². The number of rotatable bonds is 5. The highest BCUT2D eigenvalue weighted by atomic mass is 35.5. The first-order valence-corrected chi connectivity index (χ1v) is 10.4. The minimum absolute atomic E-state index is 0.0255. The summed E-state index contributed by atoms with van der Waals surface area (Å²) < 4.78 is 1.90. The first-order chi connectivity index (χ1) is 13.7. The van der Waals surface area contributed by atoms with E-state index in [9.17, 15) is 0 Å². The number of aliphatic imine (C=N–C) groups is 1. The number of halogens is 1. The number of anilines is 1. The Kier molecular flexibility index (Phi) is 5.78. The summed E-state index contributed by atoms with van der Waals surface area (Å²) in [6.07, 6.45) is 5.56. The molecule has 0 radical (unpaired) electrons. The Morgan fingerprint density at radius 2 is 1.96 bits per heavy atom. The number of nitrogens with zero attached hydrogens (tertiary/aromatic N) is 6. The first kappa shape index (κ1) is 18.8. The molecule has 0 spiro atoms. The van der Waals surface area contributed by atoms with E-state index in [-0.39, 0.29) is 6.04 Å². The maximum absolute atomic E-state index is 6.31. The smallest absolute Gasteiger partial charge is 0.191 e. The molecule has 3 heterocycles. The Morgan fingerprint density at radius 3 is 2.61 bits per heavy atom. The number of aromatic nitrogens is 3. The van der Waals surface area contributed by atoms with Gasteiger partial charge in [0.1, 0.15) is 0 Å². The number of nitrogens with two attached hydrogens (primary N) is 1. The second-order valence-electron chi connectivity index (χ2n) is 6.54. The SMILES string of the molecule is NC(=NCC(c1ccc(Cl)cc1)n1cccn1)N1CCN(c2nccs2)CC1. The fourth-order valence-corrected chi connectivity index (χ4v) is 4.09. The van der Waals surface area contributed by atoms with Gasteiger partial charge in [0.2, 0.25) is 0 Å². The Labute approximate surface area is 173 Å². The quantitative estimate of drug-likeness (QED) is 0.512. The highest BCUT2D eigenvalue weighted by Crippen LogP contribution is 2.21. The van der Waals surface area contributed by atoms with Gasteiger partial charge in [0, 0.05) is 55.2 Å². The lowest BCUT2D eigenvalue weighted by Gasteiger charge is -2.35. The molecule has 1 aliphatic heterocycles. The Morgan fingerprint density at radius 1 is 1.18 bits per heavy atom. The monoisotopic (exact) mass is 415 g/mol. The van der Waals surface area contributed by atoms with Gasteiger partial charge in [-0.15, -0.1) is 11.3 Å². The highest BCUT2D eigenvalue weighted by Gasteiger charge is 2.20. The Hall–Kier alpha value is -2.58. The third-order valence-corrected chi connectivity index (χ3v) is 5.90. The Bertz CT molecular complexity index is 885. The standard InChI is InChI=1S/C19H22ClN7S/c20-16-4-2-15(3-5-16)17(27-8-1-6-24-27)14-23-18(21)25-9-11-26(12-10-25)19-22-7-13-28-19/h1-8,13,17H,9-12,14H2,(H2,21,23). The van der Waals surface area contributed by atoms with Gasteiger partial charge >= 0.3 is 0 Å². The van der Waals surface area contributed by atoms with E-state index < -0.39 is 0 Å². The minimum Gasteiger partial charge on any atom is -0.370 e. The molecule has 4 rings (SSSR count). The molecule has 1 aromatic carbocycles. The molecule has 0 amide bonds. The molecule has 1 atom stereocenters. The minimum atomic E-state index is -0.0255. The number of thiazole rings is 1. The van der Waals surface area contributed by atoms with Gasteiger partial charge in [-0.25, -0.2) is 4.98 Å².